The van der Waals surface area contributed by atoms with Crippen molar-refractivity contribution < 1.29 is 37.7 Å². The third-order valence-corrected chi connectivity index (χ3v) is 7.94. The fraction of sp³-hybridized carbons (Fsp3) is 0.212. The molecule has 0 unspecified atom stereocenters. The molecule has 1 amide bonds. The molecule has 4 rings (SSSR count). The van der Waals surface area contributed by atoms with E-state index in [4.69, 9.17) is 10.2 Å². The Balaban J connectivity index is 1.94. The Morgan fingerprint density at radius 2 is 1.53 bits per heavy atom. The molecule has 10 nitrogen and oxygen atoms in total. The lowest BCUT2D eigenvalue weighted by molar-refractivity contribution is -0.139. The molecule has 1 heterocycles. The summed E-state index contributed by atoms with van der Waals surface area (Å²) in [5.74, 6) is -2.18. The van der Waals surface area contributed by atoms with Gasteiger partial charge in [-0.25, -0.2) is 17.9 Å². The van der Waals surface area contributed by atoms with Crippen LogP contribution in [0.2, 0.25) is 0 Å². The second-order valence-electron chi connectivity index (χ2n) is 10.8. The number of benzene rings is 3. The van der Waals surface area contributed by atoms with Crippen LogP contribution >= 0.6 is 0 Å². The largest absolute Gasteiger partial charge is 0.481 e. The number of sulfonamides is 1. The monoisotopic (exact) mass is 635 g/mol. The standard InChI is InChI=1S/C33H34FN3O7S/c1-20(2)37-28(17-14-25(38)18-26(39)19-29(40)41)30(22-8-10-23(34)11-9-22)31(21-6-4-3-5-7-21)32(37)33(42)36-24-12-15-27(16-13-24)45(35,43)44/h3-17,20,25-26,38-39H,18-19H2,1-2H3,(H,36,42)(H,40,41)(H2,35,43,44)/b17-14+/t25-,26-/m1/s1. The fourth-order valence-electron chi connectivity index (χ4n) is 5.09. The number of anilines is 1. The van der Waals surface area contributed by atoms with Gasteiger partial charge in [-0.3, -0.25) is 9.59 Å². The van der Waals surface area contributed by atoms with Crippen LogP contribution < -0.4 is 10.5 Å². The van der Waals surface area contributed by atoms with Gasteiger partial charge in [0.05, 0.1) is 23.5 Å². The highest BCUT2D eigenvalue weighted by molar-refractivity contribution is 7.89. The molecule has 0 aliphatic carbocycles. The van der Waals surface area contributed by atoms with E-state index in [0.717, 1.165) is 0 Å². The Morgan fingerprint density at radius 3 is 2.09 bits per heavy atom. The zero-order valence-electron chi connectivity index (χ0n) is 24.6. The van der Waals surface area contributed by atoms with Crippen LogP contribution in [-0.4, -0.2) is 52.4 Å². The van der Waals surface area contributed by atoms with Crippen molar-refractivity contribution >= 4 is 33.7 Å². The van der Waals surface area contributed by atoms with Crippen LogP contribution in [0.3, 0.4) is 0 Å². The van der Waals surface area contributed by atoms with Gasteiger partial charge in [0, 0.05) is 35.0 Å². The highest BCUT2D eigenvalue weighted by Crippen LogP contribution is 2.43. The van der Waals surface area contributed by atoms with Crippen molar-refractivity contribution in [3.05, 3.63) is 102 Å². The highest BCUT2D eigenvalue weighted by Gasteiger charge is 2.29. The van der Waals surface area contributed by atoms with E-state index < -0.39 is 46.3 Å². The number of aliphatic hydroxyl groups is 2. The van der Waals surface area contributed by atoms with Crippen molar-refractivity contribution in [2.75, 3.05) is 5.32 Å². The molecular formula is C33H34FN3O7S. The van der Waals surface area contributed by atoms with E-state index in [2.05, 4.69) is 5.32 Å². The van der Waals surface area contributed by atoms with Gasteiger partial charge in [0.2, 0.25) is 10.0 Å². The SMILES string of the molecule is CC(C)n1c(/C=C/[C@@H](O)C[C@@H](O)CC(=O)O)c(-c2ccc(F)cc2)c(-c2ccccc2)c1C(=O)Nc1ccc(S(N)(=O)=O)cc1. The maximum atomic E-state index is 14.2. The number of amides is 1. The molecular weight excluding hydrogens is 601 g/mol. The Morgan fingerprint density at radius 1 is 0.933 bits per heavy atom. The van der Waals surface area contributed by atoms with Crippen molar-refractivity contribution in [2.45, 2.75) is 49.8 Å². The van der Waals surface area contributed by atoms with E-state index in [9.17, 15) is 32.6 Å². The van der Waals surface area contributed by atoms with Crippen LogP contribution in [0.4, 0.5) is 10.1 Å². The summed E-state index contributed by atoms with van der Waals surface area (Å²) in [6.07, 6.45) is -0.252. The zero-order chi connectivity index (χ0) is 32.9. The van der Waals surface area contributed by atoms with Gasteiger partial charge in [-0.2, -0.15) is 0 Å². The summed E-state index contributed by atoms with van der Waals surface area (Å²) < 4.78 is 39.3. The Labute approximate surface area is 260 Å². The number of carbonyl (C=O) groups is 2. The van der Waals surface area contributed by atoms with Crippen molar-refractivity contribution in [1.29, 1.82) is 0 Å². The molecule has 0 radical (unpaired) electrons. The van der Waals surface area contributed by atoms with Crippen molar-refractivity contribution in [3.8, 4) is 22.3 Å². The summed E-state index contributed by atoms with van der Waals surface area (Å²) in [5, 5.41) is 37.7. The first-order valence-electron chi connectivity index (χ1n) is 14.1. The fourth-order valence-corrected chi connectivity index (χ4v) is 5.60. The predicted octanol–water partition coefficient (Wildman–Crippen LogP) is 5.04. The van der Waals surface area contributed by atoms with Crippen LogP contribution in [0.1, 0.15) is 48.9 Å². The van der Waals surface area contributed by atoms with Gasteiger partial charge < -0.3 is 25.2 Å². The number of carboxylic acids is 1. The molecule has 0 fully saturated rings. The average molecular weight is 636 g/mol. The van der Waals surface area contributed by atoms with Gasteiger partial charge in [0.15, 0.2) is 0 Å². The first-order chi connectivity index (χ1) is 21.3. The molecule has 45 heavy (non-hydrogen) atoms. The molecule has 0 spiro atoms. The van der Waals surface area contributed by atoms with Crippen molar-refractivity contribution in [3.63, 3.8) is 0 Å². The number of aliphatic hydroxyl groups excluding tert-OH is 2. The third-order valence-electron chi connectivity index (χ3n) is 7.01. The number of aromatic nitrogens is 1. The van der Waals surface area contributed by atoms with Crippen LogP contribution in [0, 0.1) is 5.82 Å². The molecule has 2 atom stereocenters. The maximum absolute atomic E-state index is 14.2. The lowest BCUT2D eigenvalue weighted by atomic mass is 9.94. The summed E-state index contributed by atoms with van der Waals surface area (Å²) in [4.78, 5) is 25.0. The van der Waals surface area contributed by atoms with Crippen LogP contribution in [0.25, 0.3) is 28.3 Å². The quantitative estimate of drug-likeness (QED) is 0.145. The topological polar surface area (TPSA) is 172 Å². The molecule has 0 aliphatic heterocycles. The van der Waals surface area contributed by atoms with Gasteiger partial charge in [-0.05, 0) is 67.4 Å². The minimum atomic E-state index is -3.94. The molecule has 0 aliphatic rings. The first kappa shape index (κ1) is 33.3. The molecule has 12 heteroatoms. The molecule has 4 aromatic rings. The average Bonchev–Trinajstić information content (AvgIpc) is 3.32. The van der Waals surface area contributed by atoms with Gasteiger partial charge >= 0.3 is 5.97 Å². The lowest BCUT2D eigenvalue weighted by Crippen LogP contribution is -2.20. The van der Waals surface area contributed by atoms with E-state index in [-0.39, 0.29) is 23.1 Å². The minimum Gasteiger partial charge on any atom is -0.481 e. The van der Waals surface area contributed by atoms with E-state index in [1.165, 1.54) is 42.5 Å². The van der Waals surface area contributed by atoms with Gasteiger partial charge in [0.1, 0.15) is 11.5 Å². The number of nitrogens with two attached hydrogens (primary N) is 1. The number of halogens is 1. The minimum absolute atomic E-state index is 0.117. The van der Waals surface area contributed by atoms with Crippen LogP contribution in [0.15, 0.2) is 89.8 Å². The molecule has 0 saturated carbocycles. The first-order valence-corrected chi connectivity index (χ1v) is 15.6. The van der Waals surface area contributed by atoms with Gasteiger partial charge in [-0.1, -0.05) is 48.5 Å². The Bertz CT molecular complexity index is 1800. The summed E-state index contributed by atoms with van der Waals surface area (Å²) in [7, 11) is -3.94. The smallest absolute Gasteiger partial charge is 0.305 e. The summed E-state index contributed by atoms with van der Waals surface area (Å²) in [6, 6.07) is 20.0. The number of primary sulfonamides is 1. The van der Waals surface area contributed by atoms with Crippen LogP contribution in [0.5, 0.6) is 0 Å². The van der Waals surface area contributed by atoms with E-state index in [1.54, 1.807) is 22.8 Å². The third kappa shape index (κ3) is 8.11. The van der Waals surface area contributed by atoms with Gasteiger partial charge in [0.25, 0.3) is 5.91 Å². The van der Waals surface area contributed by atoms with E-state index in [0.29, 0.717) is 33.6 Å². The molecule has 0 bridgehead atoms. The molecule has 236 valence electrons. The maximum Gasteiger partial charge on any atom is 0.305 e. The number of rotatable bonds is 12. The zero-order valence-corrected chi connectivity index (χ0v) is 25.4. The van der Waals surface area contributed by atoms with Crippen molar-refractivity contribution in [1.82, 2.24) is 4.57 Å². The number of nitrogens with zero attached hydrogens (tertiary/aromatic N) is 1. The summed E-state index contributed by atoms with van der Waals surface area (Å²) >= 11 is 0. The summed E-state index contributed by atoms with van der Waals surface area (Å²) in [6.45, 7) is 3.73. The molecule has 3 aromatic carbocycles. The van der Waals surface area contributed by atoms with Crippen molar-refractivity contribution in [2.24, 2.45) is 5.14 Å². The second kappa shape index (κ2) is 14.0. The molecule has 0 saturated heterocycles. The van der Waals surface area contributed by atoms with E-state index in [1.807, 2.05) is 44.2 Å². The number of nitrogens with one attached hydrogen (secondary N) is 1. The normalized spacial score (nSPS) is 13.2. The number of aliphatic carboxylic acids is 1. The summed E-state index contributed by atoms with van der Waals surface area (Å²) in [5.41, 5.74) is 3.40. The Hall–Kier alpha value is -4.62. The van der Waals surface area contributed by atoms with E-state index >= 15 is 0 Å². The highest BCUT2D eigenvalue weighted by atomic mass is 32.2. The Kier molecular flexibility index (Phi) is 10.3. The lowest BCUT2D eigenvalue weighted by Gasteiger charge is -2.17. The molecule has 1 aromatic heterocycles. The van der Waals surface area contributed by atoms with Crippen LogP contribution in [-0.2, 0) is 14.8 Å². The predicted molar refractivity (Wildman–Crippen MR) is 169 cm³/mol. The number of carbonyl (C=O) groups excluding carboxylic acids is 1. The number of hydrogen-bond acceptors (Lipinski definition) is 6. The number of hydrogen-bond donors (Lipinski definition) is 5. The van der Waals surface area contributed by atoms with Gasteiger partial charge in [-0.15, -0.1) is 0 Å². The number of carboxylic acid groups (broad SMARTS) is 1. The molecule has 6 N–H and O–H groups in total. The second-order valence-corrected chi connectivity index (χ2v) is 12.3.